The van der Waals surface area contributed by atoms with Gasteiger partial charge in [-0.25, -0.2) is 0 Å². The van der Waals surface area contributed by atoms with Gasteiger partial charge in [-0.1, -0.05) is 36.5 Å². The molecule has 2 aromatic rings. The first-order valence-corrected chi connectivity index (χ1v) is 6.08. The second kappa shape index (κ2) is 4.72. The third-order valence-electron chi connectivity index (χ3n) is 3.05. The number of anilines is 1. The summed E-state index contributed by atoms with van der Waals surface area (Å²) in [7, 11) is 2.09. The molecule has 2 rings (SSSR count). The topological polar surface area (TPSA) is 29.3 Å². The average Bonchev–Trinajstić information content (AvgIpc) is 2.36. The van der Waals surface area contributed by atoms with E-state index in [-0.39, 0.29) is 0 Å². The molecule has 3 heteroatoms. The lowest BCUT2D eigenvalue weighted by atomic mass is 10.0. The average molecular weight is 244 g/mol. The van der Waals surface area contributed by atoms with E-state index in [0.29, 0.717) is 4.99 Å². The van der Waals surface area contributed by atoms with Crippen LogP contribution in [0.3, 0.4) is 0 Å². The number of rotatable bonds is 3. The molecule has 0 saturated heterocycles. The molecule has 0 aromatic heterocycles. The lowest BCUT2D eigenvalue weighted by Crippen LogP contribution is -2.17. The van der Waals surface area contributed by atoms with Gasteiger partial charge in [0, 0.05) is 30.2 Å². The van der Waals surface area contributed by atoms with Crippen LogP contribution in [-0.4, -0.2) is 18.6 Å². The van der Waals surface area contributed by atoms with Crippen molar-refractivity contribution in [3.8, 4) is 0 Å². The van der Waals surface area contributed by atoms with Crippen molar-refractivity contribution in [2.24, 2.45) is 5.73 Å². The van der Waals surface area contributed by atoms with Gasteiger partial charge in [-0.3, -0.25) is 0 Å². The van der Waals surface area contributed by atoms with Gasteiger partial charge in [-0.2, -0.15) is 0 Å². The summed E-state index contributed by atoms with van der Waals surface area (Å²) in [6, 6.07) is 12.3. The highest BCUT2D eigenvalue weighted by Crippen LogP contribution is 2.28. The highest BCUT2D eigenvalue weighted by molar-refractivity contribution is 7.80. The number of hydrogen-bond donors (Lipinski definition) is 1. The molecular formula is C14H16N2S. The normalized spacial score (nSPS) is 10.5. The third kappa shape index (κ3) is 2.11. The zero-order valence-corrected chi connectivity index (χ0v) is 10.9. The Hall–Kier alpha value is -1.61. The van der Waals surface area contributed by atoms with Crippen LogP contribution in [0.4, 0.5) is 5.69 Å². The van der Waals surface area contributed by atoms with Crippen LogP contribution in [-0.2, 0) is 0 Å². The van der Waals surface area contributed by atoms with Gasteiger partial charge in [0.15, 0.2) is 0 Å². The molecule has 0 saturated carbocycles. The maximum atomic E-state index is 5.76. The van der Waals surface area contributed by atoms with Crippen molar-refractivity contribution in [1.29, 1.82) is 0 Å². The van der Waals surface area contributed by atoms with E-state index in [0.717, 1.165) is 17.5 Å². The number of nitrogens with two attached hydrogens (primary N) is 1. The van der Waals surface area contributed by atoms with E-state index in [1.807, 2.05) is 18.2 Å². The maximum absolute atomic E-state index is 5.76. The van der Waals surface area contributed by atoms with Crippen LogP contribution in [0.1, 0.15) is 12.5 Å². The van der Waals surface area contributed by atoms with Crippen LogP contribution in [0.15, 0.2) is 36.4 Å². The summed E-state index contributed by atoms with van der Waals surface area (Å²) < 4.78 is 0. The Bertz CT molecular complexity index is 563. The second-order valence-electron chi connectivity index (χ2n) is 4.06. The summed E-state index contributed by atoms with van der Waals surface area (Å²) >= 11 is 5.09. The van der Waals surface area contributed by atoms with Gasteiger partial charge >= 0.3 is 0 Å². The van der Waals surface area contributed by atoms with Crippen LogP contribution in [0.5, 0.6) is 0 Å². The number of hydrogen-bond acceptors (Lipinski definition) is 2. The molecule has 0 radical (unpaired) electrons. The fraction of sp³-hybridized carbons (Fsp3) is 0.214. The lowest BCUT2D eigenvalue weighted by molar-refractivity contribution is 0.974. The predicted molar refractivity (Wildman–Crippen MR) is 78.8 cm³/mol. The van der Waals surface area contributed by atoms with Crippen molar-refractivity contribution in [3.63, 3.8) is 0 Å². The summed E-state index contributed by atoms with van der Waals surface area (Å²) in [6.07, 6.45) is 0. The summed E-state index contributed by atoms with van der Waals surface area (Å²) in [4.78, 5) is 2.66. The van der Waals surface area contributed by atoms with E-state index in [2.05, 4.69) is 37.1 Å². The van der Waals surface area contributed by atoms with Crippen LogP contribution >= 0.6 is 12.2 Å². The zero-order chi connectivity index (χ0) is 12.4. The summed E-state index contributed by atoms with van der Waals surface area (Å²) in [6.45, 7) is 3.10. The molecule has 0 atom stereocenters. The first-order chi connectivity index (χ1) is 8.15. The van der Waals surface area contributed by atoms with E-state index < -0.39 is 0 Å². The molecular weight excluding hydrogens is 228 g/mol. The predicted octanol–water partition coefficient (Wildman–Crippen LogP) is 2.93. The Kier molecular flexibility index (Phi) is 3.29. The molecule has 0 amide bonds. The molecule has 0 heterocycles. The van der Waals surface area contributed by atoms with E-state index in [9.17, 15) is 0 Å². The molecule has 0 aliphatic rings. The Balaban J connectivity index is 2.75. The van der Waals surface area contributed by atoms with Crippen LogP contribution in [0.2, 0.25) is 0 Å². The van der Waals surface area contributed by atoms with Crippen LogP contribution in [0.25, 0.3) is 10.8 Å². The first-order valence-electron chi connectivity index (χ1n) is 5.67. The Morgan fingerprint density at radius 1 is 1.18 bits per heavy atom. The highest BCUT2D eigenvalue weighted by atomic mass is 32.1. The zero-order valence-electron chi connectivity index (χ0n) is 10.1. The van der Waals surface area contributed by atoms with Crippen molar-refractivity contribution in [2.75, 3.05) is 18.5 Å². The maximum Gasteiger partial charge on any atom is 0.104 e. The number of nitrogens with zero attached hydrogens (tertiary/aromatic N) is 1. The van der Waals surface area contributed by atoms with Crippen molar-refractivity contribution < 1.29 is 0 Å². The standard InChI is InChI=1S/C14H16N2S/c1-3-16(2)13-9-8-12(14(15)17)10-6-4-5-7-11(10)13/h4-9H,3H2,1-2H3,(H2,15,17). The molecule has 17 heavy (non-hydrogen) atoms. The molecule has 88 valence electrons. The van der Waals surface area contributed by atoms with E-state index in [4.69, 9.17) is 18.0 Å². The quantitative estimate of drug-likeness (QED) is 0.842. The van der Waals surface area contributed by atoms with Gasteiger partial charge in [0.05, 0.1) is 0 Å². The van der Waals surface area contributed by atoms with Gasteiger partial charge in [0.2, 0.25) is 0 Å². The summed E-state index contributed by atoms with van der Waals surface area (Å²) in [5.74, 6) is 0. The minimum atomic E-state index is 0.451. The fourth-order valence-corrected chi connectivity index (χ4v) is 2.18. The molecule has 2 N–H and O–H groups in total. The van der Waals surface area contributed by atoms with E-state index in [1.165, 1.54) is 11.1 Å². The molecule has 0 spiro atoms. The molecule has 0 aliphatic heterocycles. The molecule has 0 unspecified atom stereocenters. The first kappa shape index (κ1) is 11.9. The monoisotopic (exact) mass is 244 g/mol. The molecule has 2 aromatic carbocycles. The largest absolute Gasteiger partial charge is 0.389 e. The second-order valence-corrected chi connectivity index (χ2v) is 4.50. The number of fused-ring (bicyclic) bond motifs is 1. The molecule has 0 fully saturated rings. The van der Waals surface area contributed by atoms with Crippen LogP contribution in [0, 0.1) is 0 Å². The van der Waals surface area contributed by atoms with E-state index in [1.54, 1.807) is 0 Å². The van der Waals surface area contributed by atoms with Crippen molar-refractivity contribution in [1.82, 2.24) is 0 Å². The van der Waals surface area contributed by atoms with Gasteiger partial charge < -0.3 is 10.6 Å². The molecule has 0 aliphatic carbocycles. The lowest BCUT2D eigenvalue weighted by Gasteiger charge is -2.20. The van der Waals surface area contributed by atoms with Gasteiger partial charge in [-0.05, 0) is 24.4 Å². The minimum Gasteiger partial charge on any atom is -0.389 e. The van der Waals surface area contributed by atoms with Crippen molar-refractivity contribution >= 4 is 33.7 Å². The fourth-order valence-electron chi connectivity index (χ4n) is 2.00. The van der Waals surface area contributed by atoms with E-state index >= 15 is 0 Å². The third-order valence-corrected chi connectivity index (χ3v) is 3.27. The smallest absolute Gasteiger partial charge is 0.104 e. The summed E-state index contributed by atoms with van der Waals surface area (Å²) in [5.41, 5.74) is 7.92. The number of benzene rings is 2. The van der Waals surface area contributed by atoms with Crippen molar-refractivity contribution in [2.45, 2.75) is 6.92 Å². The SMILES string of the molecule is CCN(C)c1ccc(C(N)=S)c2ccccc12. The van der Waals surface area contributed by atoms with Gasteiger partial charge in [0.1, 0.15) is 4.99 Å². The minimum absolute atomic E-state index is 0.451. The van der Waals surface area contributed by atoms with Crippen molar-refractivity contribution in [3.05, 3.63) is 42.0 Å². The summed E-state index contributed by atoms with van der Waals surface area (Å²) in [5, 5.41) is 2.32. The number of thiocarbonyl (C=S) groups is 1. The molecule has 2 nitrogen and oxygen atoms in total. The highest BCUT2D eigenvalue weighted by Gasteiger charge is 2.09. The van der Waals surface area contributed by atoms with Gasteiger partial charge in [0.25, 0.3) is 0 Å². The van der Waals surface area contributed by atoms with Gasteiger partial charge in [-0.15, -0.1) is 0 Å². The Labute approximate surface area is 107 Å². The Morgan fingerprint density at radius 2 is 1.82 bits per heavy atom. The molecule has 0 bridgehead atoms. The van der Waals surface area contributed by atoms with Crippen LogP contribution < -0.4 is 10.6 Å². The Morgan fingerprint density at radius 3 is 2.41 bits per heavy atom.